The molecule has 2 aromatic carbocycles. The number of amides is 1. The molecule has 0 saturated heterocycles. The summed E-state index contributed by atoms with van der Waals surface area (Å²) in [6.45, 7) is 3.72. The van der Waals surface area contributed by atoms with Crippen molar-refractivity contribution in [1.29, 1.82) is 0 Å². The van der Waals surface area contributed by atoms with Crippen LogP contribution in [0.25, 0.3) is 0 Å². The van der Waals surface area contributed by atoms with Crippen molar-refractivity contribution < 1.29 is 14.3 Å². The minimum absolute atomic E-state index is 0.0867. The summed E-state index contributed by atoms with van der Waals surface area (Å²) in [7, 11) is 0. The van der Waals surface area contributed by atoms with Gasteiger partial charge in [0.15, 0.2) is 0 Å². The summed E-state index contributed by atoms with van der Waals surface area (Å²) in [4.78, 5) is 19.2. The number of thiazole rings is 1. The average molecular weight is 448 g/mol. The maximum atomic E-state index is 12.4. The maximum Gasteiger partial charge on any atom is 0.231 e. The van der Waals surface area contributed by atoms with E-state index in [2.05, 4.69) is 15.2 Å². The van der Waals surface area contributed by atoms with Crippen LogP contribution in [-0.4, -0.2) is 20.9 Å². The minimum atomic E-state index is -0.0867. The maximum absolute atomic E-state index is 12.4. The third kappa shape index (κ3) is 6.06. The lowest BCUT2D eigenvalue weighted by Gasteiger charge is -2.21. The molecule has 0 aliphatic heterocycles. The Morgan fingerprint density at radius 3 is 2.62 bits per heavy atom. The van der Waals surface area contributed by atoms with Crippen molar-refractivity contribution in [3.63, 3.8) is 0 Å². The normalized spacial score (nSPS) is 11.1. The van der Waals surface area contributed by atoms with E-state index < -0.39 is 0 Å². The fourth-order valence-corrected chi connectivity index (χ4v) is 4.17. The number of benzene rings is 2. The van der Waals surface area contributed by atoms with E-state index in [0.717, 1.165) is 33.3 Å². The van der Waals surface area contributed by atoms with Crippen LogP contribution in [0.5, 0.6) is 5.75 Å². The standard InChI is InChI=1S/C25H25N3O3S/c1-18-8-10-20(11-9-18)26-24(30)13-25-27-21(17-32-25)15-28(16-22-6-4-12-31-22)14-19-5-2-3-7-23(19)29/h2-12,17,29H,13-16H2,1H3,(H,26,30). The van der Waals surface area contributed by atoms with E-state index in [-0.39, 0.29) is 18.1 Å². The number of phenolic OH excluding ortho intramolecular Hbond substituents is 1. The van der Waals surface area contributed by atoms with Crippen LogP contribution in [0.2, 0.25) is 0 Å². The van der Waals surface area contributed by atoms with Gasteiger partial charge in [-0.05, 0) is 37.3 Å². The quantitative estimate of drug-likeness (QED) is 0.372. The predicted octanol–water partition coefficient (Wildman–Crippen LogP) is 5.13. The molecule has 164 valence electrons. The molecule has 0 radical (unpaired) electrons. The molecule has 2 aromatic heterocycles. The van der Waals surface area contributed by atoms with Crippen molar-refractivity contribution in [3.05, 3.63) is 99.9 Å². The van der Waals surface area contributed by atoms with Gasteiger partial charge in [0.2, 0.25) is 5.91 Å². The SMILES string of the molecule is Cc1ccc(NC(=O)Cc2nc(CN(Cc3ccco3)Cc3ccccc3O)cs2)cc1. The Kier molecular flexibility index (Phi) is 6.99. The second-order valence-corrected chi connectivity index (χ2v) is 8.62. The highest BCUT2D eigenvalue weighted by molar-refractivity contribution is 7.09. The van der Waals surface area contributed by atoms with Crippen LogP contribution < -0.4 is 5.32 Å². The van der Waals surface area contributed by atoms with Gasteiger partial charge in [-0.2, -0.15) is 0 Å². The molecule has 0 saturated carbocycles. The van der Waals surface area contributed by atoms with Gasteiger partial charge in [-0.25, -0.2) is 4.98 Å². The first-order valence-electron chi connectivity index (χ1n) is 10.4. The number of carbonyl (C=O) groups excluding carboxylic acids is 1. The summed E-state index contributed by atoms with van der Waals surface area (Å²) >= 11 is 1.48. The number of furan rings is 1. The van der Waals surface area contributed by atoms with E-state index in [1.54, 1.807) is 12.3 Å². The van der Waals surface area contributed by atoms with Crippen LogP contribution in [0.15, 0.2) is 76.7 Å². The molecule has 7 heteroatoms. The predicted molar refractivity (Wildman–Crippen MR) is 125 cm³/mol. The number of phenols is 1. The van der Waals surface area contributed by atoms with E-state index in [1.807, 2.05) is 66.9 Å². The molecule has 0 bridgehead atoms. The molecule has 0 unspecified atom stereocenters. The van der Waals surface area contributed by atoms with Gasteiger partial charge >= 0.3 is 0 Å². The van der Waals surface area contributed by atoms with Gasteiger partial charge in [-0.3, -0.25) is 9.69 Å². The van der Waals surface area contributed by atoms with Gasteiger partial charge in [-0.15, -0.1) is 11.3 Å². The molecule has 32 heavy (non-hydrogen) atoms. The molecule has 0 atom stereocenters. The molecule has 2 heterocycles. The molecular weight excluding hydrogens is 422 g/mol. The topological polar surface area (TPSA) is 78.6 Å². The number of anilines is 1. The Bertz CT molecular complexity index is 1150. The summed E-state index contributed by atoms with van der Waals surface area (Å²) in [5.74, 6) is 1.02. The average Bonchev–Trinajstić information content (AvgIpc) is 3.43. The molecule has 0 spiro atoms. The lowest BCUT2D eigenvalue weighted by Crippen LogP contribution is -2.22. The lowest BCUT2D eigenvalue weighted by molar-refractivity contribution is -0.115. The molecule has 1 amide bonds. The van der Waals surface area contributed by atoms with Crippen molar-refractivity contribution in [1.82, 2.24) is 9.88 Å². The second-order valence-electron chi connectivity index (χ2n) is 7.68. The summed E-state index contributed by atoms with van der Waals surface area (Å²) in [6.07, 6.45) is 1.89. The number of aryl methyl sites for hydroxylation is 1. The van der Waals surface area contributed by atoms with Crippen molar-refractivity contribution in [2.45, 2.75) is 33.0 Å². The number of nitrogens with one attached hydrogen (secondary N) is 1. The van der Waals surface area contributed by atoms with Crippen molar-refractivity contribution in [2.75, 3.05) is 5.32 Å². The first-order chi connectivity index (χ1) is 15.5. The van der Waals surface area contributed by atoms with Crippen LogP contribution in [0, 0.1) is 6.92 Å². The van der Waals surface area contributed by atoms with Crippen LogP contribution in [0.4, 0.5) is 5.69 Å². The van der Waals surface area contributed by atoms with E-state index in [9.17, 15) is 9.90 Å². The van der Waals surface area contributed by atoms with Gasteiger partial charge in [0.1, 0.15) is 16.5 Å². The zero-order valence-corrected chi connectivity index (χ0v) is 18.6. The third-order valence-electron chi connectivity index (χ3n) is 4.98. The fraction of sp³-hybridized carbons (Fsp3) is 0.200. The number of hydrogen-bond acceptors (Lipinski definition) is 6. The van der Waals surface area contributed by atoms with E-state index in [1.165, 1.54) is 11.3 Å². The van der Waals surface area contributed by atoms with Gasteiger partial charge in [0.05, 0.1) is 24.9 Å². The summed E-state index contributed by atoms with van der Waals surface area (Å²) < 4.78 is 5.52. The van der Waals surface area contributed by atoms with Crippen molar-refractivity contribution in [2.24, 2.45) is 0 Å². The highest BCUT2D eigenvalue weighted by Gasteiger charge is 2.15. The Hall–Kier alpha value is -3.42. The largest absolute Gasteiger partial charge is 0.508 e. The number of rotatable bonds is 9. The van der Waals surface area contributed by atoms with Crippen LogP contribution in [0.3, 0.4) is 0 Å². The van der Waals surface area contributed by atoms with Crippen molar-refractivity contribution in [3.8, 4) is 5.75 Å². The Balaban J connectivity index is 1.40. The van der Waals surface area contributed by atoms with Gasteiger partial charge in [-0.1, -0.05) is 35.9 Å². The van der Waals surface area contributed by atoms with Crippen LogP contribution in [-0.2, 0) is 30.8 Å². The zero-order chi connectivity index (χ0) is 22.3. The van der Waals surface area contributed by atoms with Crippen molar-refractivity contribution >= 4 is 22.9 Å². The van der Waals surface area contributed by atoms with Gasteiger partial charge < -0.3 is 14.8 Å². The summed E-state index contributed by atoms with van der Waals surface area (Å²) in [5, 5.41) is 15.8. The van der Waals surface area contributed by atoms with E-state index >= 15 is 0 Å². The fourth-order valence-electron chi connectivity index (χ4n) is 3.39. The second kappa shape index (κ2) is 10.3. The Morgan fingerprint density at radius 1 is 1.06 bits per heavy atom. The molecule has 4 aromatic rings. The Labute approximate surface area is 191 Å². The third-order valence-corrected chi connectivity index (χ3v) is 5.87. The first kappa shape index (κ1) is 21.8. The summed E-state index contributed by atoms with van der Waals surface area (Å²) in [6, 6.07) is 18.8. The molecule has 0 fully saturated rings. The number of para-hydroxylation sites is 1. The molecule has 0 aliphatic carbocycles. The number of carbonyl (C=O) groups is 1. The van der Waals surface area contributed by atoms with E-state index in [4.69, 9.17) is 4.42 Å². The van der Waals surface area contributed by atoms with Crippen LogP contribution >= 0.6 is 11.3 Å². The Morgan fingerprint density at radius 2 is 1.88 bits per heavy atom. The number of hydrogen-bond donors (Lipinski definition) is 2. The monoisotopic (exact) mass is 447 g/mol. The van der Waals surface area contributed by atoms with Crippen LogP contribution in [0.1, 0.15) is 27.6 Å². The smallest absolute Gasteiger partial charge is 0.231 e. The number of nitrogens with zero attached hydrogens (tertiary/aromatic N) is 2. The molecule has 4 rings (SSSR count). The molecular formula is C25H25N3O3S. The number of aromatic nitrogens is 1. The van der Waals surface area contributed by atoms with Gasteiger partial charge in [0, 0.05) is 29.7 Å². The number of aromatic hydroxyl groups is 1. The lowest BCUT2D eigenvalue weighted by atomic mass is 10.2. The molecule has 6 nitrogen and oxygen atoms in total. The molecule has 2 N–H and O–H groups in total. The minimum Gasteiger partial charge on any atom is -0.508 e. The van der Waals surface area contributed by atoms with Gasteiger partial charge in [0.25, 0.3) is 0 Å². The highest BCUT2D eigenvalue weighted by Crippen LogP contribution is 2.22. The van der Waals surface area contributed by atoms with E-state index in [0.29, 0.717) is 19.6 Å². The molecule has 0 aliphatic rings. The highest BCUT2D eigenvalue weighted by atomic mass is 32.1. The first-order valence-corrected chi connectivity index (χ1v) is 11.2. The zero-order valence-electron chi connectivity index (χ0n) is 17.8. The summed E-state index contributed by atoms with van der Waals surface area (Å²) in [5.41, 5.74) is 3.65.